The second-order valence-corrected chi connectivity index (χ2v) is 13.4. The molecule has 2 N–H and O–H groups in total. The van der Waals surface area contributed by atoms with Crippen molar-refractivity contribution in [2.75, 3.05) is 0 Å². The normalized spacial score (nSPS) is 16.2. The van der Waals surface area contributed by atoms with Gasteiger partial charge < -0.3 is 0 Å². The smallest absolute Gasteiger partial charge is 0.254 e. The molecule has 1 atom stereocenters. The van der Waals surface area contributed by atoms with Crippen LogP contribution in [-0.4, -0.2) is 17.4 Å². The van der Waals surface area contributed by atoms with Crippen molar-refractivity contribution in [3.63, 3.8) is 0 Å². The van der Waals surface area contributed by atoms with Gasteiger partial charge in [-0.2, -0.15) is 0 Å². The fourth-order valence-electron chi connectivity index (χ4n) is 1.26. The van der Waals surface area contributed by atoms with Gasteiger partial charge in [-0.15, -0.1) is 0 Å². The lowest BCUT2D eigenvalue weighted by atomic mass is 10.2. The van der Waals surface area contributed by atoms with Gasteiger partial charge in [-0.3, -0.25) is 4.98 Å². The maximum Gasteiger partial charge on any atom is 0.280 e. The van der Waals surface area contributed by atoms with E-state index in [1.807, 2.05) is 33.9 Å². The van der Waals surface area contributed by atoms with E-state index < -0.39 is 24.6 Å². The van der Waals surface area contributed by atoms with Crippen molar-refractivity contribution in [2.45, 2.75) is 50.2 Å². The van der Waals surface area contributed by atoms with Crippen molar-refractivity contribution in [3.8, 4) is 0 Å². The summed E-state index contributed by atoms with van der Waals surface area (Å²) in [6.07, 6.45) is -1.57. The fourth-order valence-corrected chi connectivity index (χ4v) is 6.29. The van der Waals surface area contributed by atoms with E-state index in [1.165, 1.54) is 6.07 Å². The van der Waals surface area contributed by atoms with E-state index in [9.17, 15) is 13.0 Å². The standard InChI is InChI=1S/C12H21F2N3OSSi/c1-12(2,3)20(4,5)17-19(15,18)9-6-7-10(11(13)14)16-8-9/h6-8,11H,1-5H3,(H2,15,17,18). The second-order valence-electron chi connectivity index (χ2n) is 6.25. The van der Waals surface area contributed by atoms with Crippen LogP contribution in [0.5, 0.6) is 0 Å². The van der Waals surface area contributed by atoms with Crippen LogP contribution in [0.1, 0.15) is 32.9 Å². The molecule has 0 aliphatic carbocycles. The zero-order valence-electron chi connectivity index (χ0n) is 12.3. The van der Waals surface area contributed by atoms with E-state index in [0.717, 1.165) is 12.3 Å². The number of rotatable bonds is 4. The zero-order valence-corrected chi connectivity index (χ0v) is 14.1. The highest BCUT2D eigenvalue weighted by atomic mass is 32.2. The van der Waals surface area contributed by atoms with E-state index in [2.05, 4.69) is 9.37 Å². The van der Waals surface area contributed by atoms with Crippen LogP contribution < -0.4 is 4.39 Å². The first-order valence-electron chi connectivity index (χ1n) is 6.19. The van der Waals surface area contributed by atoms with Gasteiger partial charge in [-0.25, -0.2) is 22.2 Å². The first-order chi connectivity index (χ1) is 8.87. The molecule has 1 aromatic heterocycles. The lowest BCUT2D eigenvalue weighted by Crippen LogP contribution is -2.54. The van der Waals surface area contributed by atoms with Crippen LogP contribution in [0.3, 0.4) is 0 Å². The molecule has 114 valence electrons. The van der Waals surface area contributed by atoms with Crippen LogP contribution >= 0.6 is 0 Å². The number of hydrogen-bond acceptors (Lipinski definition) is 3. The molecule has 1 aromatic rings. The molecule has 0 radical (unpaired) electrons. The third-order valence-electron chi connectivity index (χ3n) is 3.59. The van der Waals surface area contributed by atoms with Crippen molar-refractivity contribution in [3.05, 3.63) is 24.0 Å². The molecule has 1 rings (SSSR count). The molecule has 4 nitrogen and oxygen atoms in total. The number of nitrogens with one attached hydrogen (secondary N) is 2. The van der Waals surface area contributed by atoms with Crippen molar-refractivity contribution in [2.24, 2.45) is 0 Å². The first-order valence-corrected chi connectivity index (χ1v) is 10.7. The average molecular weight is 321 g/mol. The molecule has 1 heterocycles. The highest BCUT2D eigenvalue weighted by molar-refractivity contribution is 7.92. The van der Waals surface area contributed by atoms with Crippen LogP contribution in [0, 0.1) is 4.78 Å². The Hall–Kier alpha value is -0.863. The molecule has 0 saturated heterocycles. The minimum atomic E-state index is -3.24. The Morgan fingerprint density at radius 3 is 2.25 bits per heavy atom. The van der Waals surface area contributed by atoms with E-state index in [1.54, 1.807) is 0 Å². The predicted molar refractivity (Wildman–Crippen MR) is 78.7 cm³/mol. The second kappa shape index (κ2) is 5.49. The quantitative estimate of drug-likeness (QED) is 0.825. The SMILES string of the molecule is CC(C)(C)[Si](C)(C)NS(=N)(=O)c1ccc(C(F)F)nc1. The molecule has 0 bridgehead atoms. The summed E-state index contributed by atoms with van der Waals surface area (Å²) >= 11 is 0. The van der Waals surface area contributed by atoms with Crippen molar-refractivity contribution < 1.29 is 13.0 Å². The van der Waals surface area contributed by atoms with Gasteiger partial charge in [0.1, 0.15) is 23.8 Å². The molecule has 0 aliphatic rings. The zero-order chi connectivity index (χ0) is 15.8. The minimum absolute atomic E-state index is 0.0902. The summed E-state index contributed by atoms with van der Waals surface area (Å²) in [5.41, 5.74) is -0.378. The molecule has 8 heteroatoms. The van der Waals surface area contributed by atoms with Gasteiger partial charge in [-0.05, 0) is 17.2 Å². The highest BCUT2D eigenvalue weighted by Crippen LogP contribution is 2.35. The summed E-state index contributed by atoms with van der Waals surface area (Å²) in [5, 5.41) is -0.0902. The van der Waals surface area contributed by atoms with Gasteiger partial charge >= 0.3 is 0 Å². The Bertz CT molecular complexity index is 565. The monoisotopic (exact) mass is 321 g/mol. The van der Waals surface area contributed by atoms with E-state index >= 15 is 0 Å². The molecule has 0 aromatic carbocycles. The minimum Gasteiger partial charge on any atom is -0.254 e. The summed E-state index contributed by atoms with van der Waals surface area (Å²) in [4.78, 5) is 3.69. The molecule has 0 saturated carbocycles. The number of aromatic nitrogens is 1. The van der Waals surface area contributed by atoms with E-state index in [-0.39, 0.29) is 15.6 Å². The van der Waals surface area contributed by atoms with Gasteiger partial charge in [-0.1, -0.05) is 33.9 Å². The summed E-state index contributed by atoms with van der Waals surface area (Å²) in [6, 6.07) is 2.39. The molecule has 0 spiro atoms. The Labute approximate surface area is 120 Å². The molecule has 0 aliphatic heterocycles. The average Bonchev–Trinajstić information content (AvgIpc) is 2.26. The lowest BCUT2D eigenvalue weighted by Gasteiger charge is -2.37. The van der Waals surface area contributed by atoms with Crippen molar-refractivity contribution in [1.29, 1.82) is 4.78 Å². The Morgan fingerprint density at radius 2 is 1.90 bits per heavy atom. The Morgan fingerprint density at radius 1 is 1.35 bits per heavy atom. The van der Waals surface area contributed by atoms with Crippen LogP contribution in [0.4, 0.5) is 8.78 Å². The van der Waals surface area contributed by atoms with Crippen LogP contribution in [0.25, 0.3) is 0 Å². The third-order valence-corrected chi connectivity index (χ3v) is 11.4. The summed E-state index contributed by atoms with van der Waals surface area (Å²) in [6.45, 7) is 10.1. The predicted octanol–water partition coefficient (Wildman–Crippen LogP) is 3.93. The van der Waals surface area contributed by atoms with E-state index in [0.29, 0.717) is 0 Å². The van der Waals surface area contributed by atoms with Gasteiger partial charge in [0.15, 0.2) is 0 Å². The number of pyridine rings is 1. The van der Waals surface area contributed by atoms with Crippen LogP contribution in [0.15, 0.2) is 23.2 Å². The number of alkyl halides is 2. The molecule has 0 amide bonds. The maximum absolute atomic E-state index is 12.5. The molecular formula is C12H21F2N3OSSi. The maximum atomic E-state index is 12.5. The highest BCUT2D eigenvalue weighted by Gasteiger charge is 2.38. The Kier molecular flexibility index (Phi) is 4.72. The van der Waals surface area contributed by atoms with Crippen molar-refractivity contribution >= 4 is 18.2 Å². The molecule has 1 unspecified atom stereocenters. The van der Waals surface area contributed by atoms with Crippen molar-refractivity contribution in [1.82, 2.24) is 9.37 Å². The summed E-state index contributed by atoms with van der Waals surface area (Å²) < 4.78 is 48.3. The molecule has 20 heavy (non-hydrogen) atoms. The van der Waals surface area contributed by atoms with Gasteiger partial charge in [0.2, 0.25) is 0 Å². The van der Waals surface area contributed by atoms with E-state index in [4.69, 9.17) is 4.78 Å². The van der Waals surface area contributed by atoms with Gasteiger partial charge in [0.25, 0.3) is 6.43 Å². The number of halogens is 2. The lowest BCUT2D eigenvalue weighted by molar-refractivity contribution is 0.146. The van der Waals surface area contributed by atoms with Crippen LogP contribution in [0.2, 0.25) is 18.1 Å². The fraction of sp³-hybridized carbons (Fsp3) is 0.583. The Balaban J connectivity index is 3.06. The summed E-state index contributed by atoms with van der Waals surface area (Å²) in [7, 11) is -5.39. The van der Waals surface area contributed by atoms with Gasteiger partial charge in [0.05, 0.1) is 4.90 Å². The number of nitrogens with zero attached hydrogens (tertiary/aromatic N) is 1. The van der Waals surface area contributed by atoms with Crippen LogP contribution in [-0.2, 0) is 9.92 Å². The molecule has 0 fully saturated rings. The summed E-state index contributed by atoms with van der Waals surface area (Å²) in [5.74, 6) is 0. The first kappa shape index (κ1) is 17.2. The third kappa shape index (κ3) is 3.83. The number of hydrogen-bond donors (Lipinski definition) is 2. The topological polar surface area (TPSA) is 65.8 Å². The molecular weight excluding hydrogens is 300 g/mol. The van der Waals surface area contributed by atoms with Gasteiger partial charge in [0, 0.05) is 6.20 Å². The largest absolute Gasteiger partial charge is 0.280 e.